The lowest BCUT2D eigenvalue weighted by molar-refractivity contribution is -0.124. The van der Waals surface area contributed by atoms with Crippen molar-refractivity contribution in [1.82, 2.24) is 10.2 Å². The fourth-order valence-corrected chi connectivity index (χ4v) is 2.22. The molecule has 2 rings (SSSR count). The fraction of sp³-hybridized carbons (Fsp3) is 0.500. The monoisotopic (exact) mass is 248 g/mol. The van der Waals surface area contributed by atoms with Crippen LogP contribution in [-0.4, -0.2) is 43.6 Å². The maximum Gasteiger partial charge on any atom is 0.258 e. The molecular formula is C14H20N2O2. The molecule has 1 heterocycles. The van der Waals surface area contributed by atoms with Gasteiger partial charge < -0.3 is 15.0 Å². The van der Waals surface area contributed by atoms with E-state index in [-0.39, 0.29) is 18.6 Å². The van der Waals surface area contributed by atoms with E-state index >= 15 is 0 Å². The van der Waals surface area contributed by atoms with Gasteiger partial charge in [-0.3, -0.25) is 4.79 Å². The largest absolute Gasteiger partial charge is 0.484 e. The topological polar surface area (TPSA) is 41.6 Å². The molecule has 1 atom stereocenters. The molecule has 1 N–H and O–H groups in total. The molecule has 0 saturated carbocycles. The van der Waals surface area contributed by atoms with Gasteiger partial charge in [-0.1, -0.05) is 18.2 Å². The van der Waals surface area contributed by atoms with E-state index in [0.29, 0.717) is 0 Å². The van der Waals surface area contributed by atoms with E-state index in [0.717, 1.165) is 31.7 Å². The average Bonchev–Trinajstić information content (AvgIpc) is 2.38. The van der Waals surface area contributed by atoms with E-state index in [4.69, 9.17) is 4.74 Å². The highest BCUT2D eigenvalue weighted by Gasteiger charge is 2.18. The maximum absolute atomic E-state index is 11.7. The van der Waals surface area contributed by atoms with E-state index in [2.05, 4.69) is 17.3 Å². The van der Waals surface area contributed by atoms with Gasteiger partial charge in [0, 0.05) is 12.6 Å². The molecular weight excluding hydrogens is 228 g/mol. The van der Waals surface area contributed by atoms with Crippen molar-refractivity contribution in [3.8, 4) is 5.75 Å². The third kappa shape index (κ3) is 4.04. The number of rotatable bonds is 4. The summed E-state index contributed by atoms with van der Waals surface area (Å²) in [5.74, 6) is 0.688. The summed E-state index contributed by atoms with van der Waals surface area (Å²) in [7, 11) is 2.08. The summed E-state index contributed by atoms with van der Waals surface area (Å²) in [6.07, 6.45) is 2.20. The Bertz CT molecular complexity index is 381. The summed E-state index contributed by atoms with van der Waals surface area (Å²) in [5.41, 5.74) is 0. The van der Waals surface area contributed by atoms with Gasteiger partial charge in [0.1, 0.15) is 5.75 Å². The van der Waals surface area contributed by atoms with E-state index in [1.165, 1.54) is 0 Å². The molecule has 1 aliphatic rings. The number of likely N-dealkylation sites (N-methyl/N-ethyl adjacent to an activating group) is 1. The number of piperidine rings is 1. The minimum atomic E-state index is -0.0425. The highest BCUT2D eigenvalue weighted by atomic mass is 16.5. The molecule has 1 aromatic carbocycles. The summed E-state index contributed by atoms with van der Waals surface area (Å²) >= 11 is 0. The van der Waals surface area contributed by atoms with Crippen molar-refractivity contribution >= 4 is 5.91 Å². The number of carbonyl (C=O) groups excluding carboxylic acids is 1. The Morgan fingerprint density at radius 2 is 2.22 bits per heavy atom. The summed E-state index contributed by atoms with van der Waals surface area (Å²) in [6, 6.07) is 9.66. The summed E-state index contributed by atoms with van der Waals surface area (Å²) in [5, 5.41) is 3.01. The van der Waals surface area contributed by atoms with Crippen LogP contribution in [-0.2, 0) is 4.79 Å². The normalized spacial score (nSPS) is 20.4. The van der Waals surface area contributed by atoms with Crippen LogP contribution in [0.25, 0.3) is 0 Å². The number of hydrogen-bond donors (Lipinski definition) is 1. The zero-order valence-corrected chi connectivity index (χ0v) is 10.8. The molecule has 0 spiro atoms. The van der Waals surface area contributed by atoms with Gasteiger partial charge >= 0.3 is 0 Å². The zero-order chi connectivity index (χ0) is 12.8. The van der Waals surface area contributed by atoms with Crippen molar-refractivity contribution in [1.29, 1.82) is 0 Å². The van der Waals surface area contributed by atoms with Crippen molar-refractivity contribution in [2.75, 3.05) is 26.7 Å². The molecule has 4 nitrogen and oxygen atoms in total. The Balaban J connectivity index is 1.72. The first-order valence-electron chi connectivity index (χ1n) is 6.40. The van der Waals surface area contributed by atoms with Crippen LogP contribution in [0.2, 0.25) is 0 Å². The average molecular weight is 248 g/mol. The summed E-state index contributed by atoms with van der Waals surface area (Å²) in [6.45, 7) is 2.13. The number of amides is 1. The Hall–Kier alpha value is -1.55. The highest BCUT2D eigenvalue weighted by molar-refractivity contribution is 5.77. The second kappa shape index (κ2) is 6.40. The molecule has 0 radical (unpaired) electrons. The predicted octanol–water partition coefficient (Wildman–Crippen LogP) is 1.28. The molecule has 0 aromatic heterocycles. The van der Waals surface area contributed by atoms with Crippen LogP contribution in [0, 0.1) is 0 Å². The third-order valence-electron chi connectivity index (χ3n) is 3.10. The molecule has 1 fully saturated rings. The van der Waals surface area contributed by atoms with Crippen LogP contribution in [0.5, 0.6) is 5.75 Å². The van der Waals surface area contributed by atoms with E-state index < -0.39 is 0 Å². The van der Waals surface area contributed by atoms with Crippen molar-refractivity contribution < 1.29 is 9.53 Å². The highest BCUT2D eigenvalue weighted by Crippen LogP contribution is 2.09. The van der Waals surface area contributed by atoms with Crippen LogP contribution in [0.4, 0.5) is 0 Å². The number of ether oxygens (including phenoxy) is 1. The lowest BCUT2D eigenvalue weighted by Gasteiger charge is -2.30. The van der Waals surface area contributed by atoms with Gasteiger partial charge in [-0.15, -0.1) is 0 Å². The number of para-hydroxylation sites is 1. The first-order valence-corrected chi connectivity index (χ1v) is 6.40. The van der Waals surface area contributed by atoms with Gasteiger partial charge in [-0.25, -0.2) is 0 Å². The Morgan fingerprint density at radius 3 is 2.94 bits per heavy atom. The van der Waals surface area contributed by atoms with E-state index in [9.17, 15) is 4.79 Å². The van der Waals surface area contributed by atoms with Crippen LogP contribution >= 0.6 is 0 Å². The third-order valence-corrected chi connectivity index (χ3v) is 3.10. The second-order valence-electron chi connectivity index (χ2n) is 4.77. The molecule has 18 heavy (non-hydrogen) atoms. The molecule has 1 saturated heterocycles. The predicted molar refractivity (Wildman–Crippen MR) is 70.6 cm³/mol. The van der Waals surface area contributed by atoms with Crippen LogP contribution < -0.4 is 10.1 Å². The van der Waals surface area contributed by atoms with E-state index in [1.807, 2.05) is 30.3 Å². The molecule has 1 unspecified atom stereocenters. The quantitative estimate of drug-likeness (QED) is 0.872. The van der Waals surface area contributed by atoms with Crippen molar-refractivity contribution in [3.05, 3.63) is 30.3 Å². The van der Waals surface area contributed by atoms with Crippen LogP contribution in [0.3, 0.4) is 0 Å². The molecule has 1 aliphatic heterocycles. The lowest BCUT2D eigenvalue weighted by atomic mass is 10.1. The molecule has 4 heteroatoms. The smallest absolute Gasteiger partial charge is 0.258 e. The van der Waals surface area contributed by atoms with Gasteiger partial charge in [0.05, 0.1) is 0 Å². The second-order valence-corrected chi connectivity index (χ2v) is 4.77. The van der Waals surface area contributed by atoms with Gasteiger partial charge in [0.2, 0.25) is 0 Å². The van der Waals surface area contributed by atoms with Crippen LogP contribution in [0.1, 0.15) is 12.8 Å². The first-order chi connectivity index (χ1) is 8.74. The first kappa shape index (κ1) is 12.9. The minimum Gasteiger partial charge on any atom is -0.484 e. The van der Waals surface area contributed by atoms with Gasteiger partial charge in [0.15, 0.2) is 6.61 Å². The zero-order valence-electron chi connectivity index (χ0n) is 10.8. The van der Waals surface area contributed by atoms with Crippen molar-refractivity contribution in [2.24, 2.45) is 0 Å². The van der Waals surface area contributed by atoms with Gasteiger partial charge in [0.25, 0.3) is 5.91 Å². The summed E-state index contributed by atoms with van der Waals surface area (Å²) in [4.78, 5) is 14.0. The molecule has 0 aliphatic carbocycles. The Kier molecular flexibility index (Phi) is 4.59. The minimum absolute atomic E-state index is 0.0425. The Labute approximate surface area is 108 Å². The number of hydrogen-bond acceptors (Lipinski definition) is 3. The number of likely N-dealkylation sites (tertiary alicyclic amines) is 1. The van der Waals surface area contributed by atoms with Crippen molar-refractivity contribution in [3.63, 3.8) is 0 Å². The number of benzene rings is 1. The number of nitrogens with one attached hydrogen (secondary N) is 1. The van der Waals surface area contributed by atoms with Crippen LogP contribution in [0.15, 0.2) is 30.3 Å². The number of nitrogens with zero attached hydrogens (tertiary/aromatic N) is 1. The van der Waals surface area contributed by atoms with Crippen molar-refractivity contribution in [2.45, 2.75) is 18.9 Å². The Morgan fingerprint density at radius 1 is 1.44 bits per heavy atom. The molecule has 98 valence electrons. The summed E-state index contributed by atoms with van der Waals surface area (Å²) < 4.78 is 5.41. The number of carbonyl (C=O) groups is 1. The standard InChI is InChI=1S/C14H20N2O2/c1-16-9-5-6-12(10-16)15-14(17)11-18-13-7-3-2-4-8-13/h2-4,7-8,12H,5-6,9-11H2,1H3,(H,15,17). The molecule has 1 amide bonds. The van der Waals surface area contributed by atoms with Gasteiger partial charge in [-0.05, 0) is 38.6 Å². The molecule has 1 aromatic rings. The molecule has 0 bridgehead atoms. The van der Waals surface area contributed by atoms with E-state index in [1.54, 1.807) is 0 Å². The maximum atomic E-state index is 11.7. The fourth-order valence-electron chi connectivity index (χ4n) is 2.22. The van der Waals surface area contributed by atoms with Gasteiger partial charge in [-0.2, -0.15) is 0 Å². The SMILES string of the molecule is CN1CCCC(NC(=O)COc2ccccc2)C1. The lowest BCUT2D eigenvalue weighted by Crippen LogP contribution is -2.47.